The minimum absolute atomic E-state index is 0.112. The van der Waals surface area contributed by atoms with Crippen LogP contribution in [0.2, 0.25) is 18.1 Å². The van der Waals surface area contributed by atoms with E-state index in [0.717, 1.165) is 37.2 Å². The van der Waals surface area contributed by atoms with Crippen LogP contribution >= 0.6 is 0 Å². The molecule has 2 aliphatic carbocycles. The topological polar surface area (TPSA) is 29.5 Å². The fourth-order valence-corrected chi connectivity index (χ4v) is 5.57. The third-order valence-corrected chi connectivity index (χ3v) is 11.9. The molecule has 2 rings (SSSR count). The van der Waals surface area contributed by atoms with E-state index in [-0.39, 0.29) is 11.1 Å². The maximum absolute atomic E-state index is 10.4. The highest BCUT2D eigenvalue weighted by molar-refractivity contribution is 6.74. The number of aliphatic hydroxyl groups excluding tert-OH is 1. The van der Waals surface area contributed by atoms with Crippen molar-refractivity contribution < 1.29 is 9.53 Å². The van der Waals surface area contributed by atoms with E-state index in [0.29, 0.717) is 11.8 Å². The van der Waals surface area contributed by atoms with E-state index in [1.54, 1.807) is 0 Å². The summed E-state index contributed by atoms with van der Waals surface area (Å²) in [5.41, 5.74) is 0. The Morgan fingerprint density at radius 3 is 2.22 bits per heavy atom. The van der Waals surface area contributed by atoms with E-state index in [9.17, 15) is 5.11 Å². The quantitative estimate of drug-likeness (QED) is 0.690. The van der Waals surface area contributed by atoms with Crippen LogP contribution in [-0.2, 0) is 4.43 Å². The summed E-state index contributed by atoms with van der Waals surface area (Å²) in [7, 11) is -1.67. The maximum atomic E-state index is 10.4. The second-order valence-electron chi connectivity index (χ2n) is 10.1. The summed E-state index contributed by atoms with van der Waals surface area (Å²) in [5, 5.41) is 10.7. The molecule has 2 aliphatic rings. The lowest BCUT2D eigenvalue weighted by Gasteiger charge is -2.41. The molecule has 3 heteroatoms. The highest BCUT2D eigenvalue weighted by atomic mass is 28.4. The normalized spacial score (nSPS) is 39.7. The van der Waals surface area contributed by atoms with E-state index in [1.165, 1.54) is 19.3 Å². The van der Waals surface area contributed by atoms with Crippen molar-refractivity contribution in [2.24, 2.45) is 29.6 Å². The number of rotatable bonds is 3. The summed E-state index contributed by atoms with van der Waals surface area (Å²) >= 11 is 0. The van der Waals surface area contributed by atoms with Gasteiger partial charge in [0.2, 0.25) is 0 Å². The molecule has 23 heavy (non-hydrogen) atoms. The van der Waals surface area contributed by atoms with Crippen LogP contribution in [0.1, 0.15) is 66.7 Å². The van der Waals surface area contributed by atoms with Gasteiger partial charge in [0.05, 0.1) is 6.10 Å². The number of fused-ring (bicyclic) bond motifs is 1. The second-order valence-corrected chi connectivity index (χ2v) is 14.9. The van der Waals surface area contributed by atoms with Crippen LogP contribution in [0.25, 0.3) is 0 Å². The van der Waals surface area contributed by atoms with E-state index in [2.05, 4.69) is 47.7 Å². The molecule has 2 nitrogen and oxygen atoms in total. The van der Waals surface area contributed by atoms with Crippen molar-refractivity contribution in [2.75, 3.05) is 6.61 Å². The predicted molar refractivity (Wildman–Crippen MR) is 101 cm³/mol. The molecule has 0 aromatic carbocycles. The minimum atomic E-state index is -1.67. The number of hydrogen-bond acceptors (Lipinski definition) is 2. The van der Waals surface area contributed by atoms with Gasteiger partial charge in [-0.3, -0.25) is 0 Å². The molecule has 6 atom stereocenters. The Labute approximate surface area is 145 Å². The lowest BCUT2D eigenvalue weighted by atomic mass is 9.71. The zero-order valence-electron chi connectivity index (χ0n) is 16.6. The van der Waals surface area contributed by atoms with Gasteiger partial charge in [-0.2, -0.15) is 0 Å². The smallest absolute Gasteiger partial charge is 0.191 e. The van der Waals surface area contributed by atoms with Gasteiger partial charge < -0.3 is 9.53 Å². The largest absolute Gasteiger partial charge is 0.417 e. The van der Waals surface area contributed by atoms with Crippen molar-refractivity contribution in [2.45, 2.75) is 91.0 Å². The highest BCUT2D eigenvalue weighted by Crippen LogP contribution is 2.48. The molecule has 0 aliphatic heterocycles. The van der Waals surface area contributed by atoms with Crippen LogP contribution in [0.5, 0.6) is 0 Å². The van der Waals surface area contributed by atoms with Crippen molar-refractivity contribution in [3.8, 4) is 0 Å². The van der Waals surface area contributed by atoms with Crippen LogP contribution < -0.4 is 0 Å². The van der Waals surface area contributed by atoms with Crippen LogP contribution in [0.4, 0.5) is 0 Å². The average molecular weight is 341 g/mol. The van der Waals surface area contributed by atoms with Gasteiger partial charge in [0.25, 0.3) is 0 Å². The molecule has 0 saturated heterocycles. The van der Waals surface area contributed by atoms with E-state index in [1.807, 2.05) is 0 Å². The van der Waals surface area contributed by atoms with E-state index < -0.39 is 8.32 Å². The lowest BCUT2D eigenvalue weighted by molar-refractivity contribution is 0.0337. The maximum Gasteiger partial charge on any atom is 0.191 e. The summed E-state index contributed by atoms with van der Waals surface area (Å²) in [5.74, 6) is 3.56. The molecular formula is C20H40O2Si. The van der Waals surface area contributed by atoms with Gasteiger partial charge in [-0.25, -0.2) is 0 Å². The average Bonchev–Trinajstić information content (AvgIpc) is 2.77. The molecular weight excluding hydrogens is 300 g/mol. The molecule has 2 saturated carbocycles. The van der Waals surface area contributed by atoms with E-state index >= 15 is 0 Å². The van der Waals surface area contributed by atoms with Gasteiger partial charge in [-0.15, -0.1) is 0 Å². The molecule has 0 heterocycles. The van der Waals surface area contributed by atoms with Gasteiger partial charge in [-0.05, 0) is 73.4 Å². The first-order valence-corrected chi connectivity index (χ1v) is 12.8. The Kier molecular flexibility index (Phi) is 6.07. The molecule has 1 N–H and O–H groups in total. The van der Waals surface area contributed by atoms with Crippen molar-refractivity contribution in [3.05, 3.63) is 0 Å². The van der Waals surface area contributed by atoms with Crippen LogP contribution in [0, 0.1) is 29.6 Å². The van der Waals surface area contributed by atoms with Crippen LogP contribution in [0.3, 0.4) is 0 Å². The second kappa shape index (κ2) is 7.17. The van der Waals surface area contributed by atoms with Gasteiger partial charge in [0.15, 0.2) is 8.32 Å². The Balaban J connectivity index is 2.07. The first kappa shape index (κ1) is 19.5. The van der Waals surface area contributed by atoms with Gasteiger partial charge in [0, 0.05) is 6.61 Å². The summed E-state index contributed by atoms with van der Waals surface area (Å²) in [6.07, 6.45) is 5.95. The SMILES string of the molecule is C[C@@H]1C[C@H]2[C@H](CC[C@@H]2C)[C@@H](CO[Si](C)(C)C(C)(C)C)CC[C@H]1O. The van der Waals surface area contributed by atoms with Crippen molar-refractivity contribution in [1.29, 1.82) is 0 Å². The molecule has 0 aromatic heterocycles. The molecule has 0 radical (unpaired) electrons. The highest BCUT2D eigenvalue weighted by Gasteiger charge is 2.43. The zero-order valence-corrected chi connectivity index (χ0v) is 17.6. The molecule has 0 spiro atoms. The Morgan fingerprint density at radius 2 is 1.61 bits per heavy atom. The third-order valence-electron chi connectivity index (χ3n) is 7.44. The van der Waals surface area contributed by atoms with Gasteiger partial charge >= 0.3 is 0 Å². The number of hydrogen-bond donors (Lipinski definition) is 1. The molecule has 0 bridgehead atoms. The fourth-order valence-electron chi connectivity index (χ4n) is 4.51. The molecule has 136 valence electrons. The third kappa shape index (κ3) is 4.41. The van der Waals surface area contributed by atoms with Crippen molar-refractivity contribution in [3.63, 3.8) is 0 Å². The first-order valence-electron chi connectivity index (χ1n) is 9.85. The summed E-state index contributed by atoms with van der Waals surface area (Å²) < 4.78 is 6.59. The molecule has 0 amide bonds. The van der Waals surface area contributed by atoms with Gasteiger partial charge in [0.1, 0.15) is 0 Å². The minimum Gasteiger partial charge on any atom is -0.417 e. The standard InChI is InChI=1S/C20H40O2Si/c1-14-8-10-17-16(13-22-23(6,7)20(3,4)5)9-11-19(21)15(2)12-18(14)17/h14-19,21H,8-13H2,1-7H3/t14-,15+,16+,17+,18+,19+/m0/s1. The lowest BCUT2D eigenvalue weighted by Crippen LogP contribution is -2.43. The zero-order chi connectivity index (χ0) is 17.4. The van der Waals surface area contributed by atoms with Gasteiger partial charge in [-0.1, -0.05) is 41.0 Å². The molecule has 0 aromatic rings. The van der Waals surface area contributed by atoms with Crippen LogP contribution in [-0.4, -0.2) is 26.1 Å². The fraction of sp³-hybridized carbons (Fsp3) is 1.00. The first-order chi connectivity index (χ1) is 10.5. The summed E-state index contributed by atoms with van der Waals surface area (Å²) in [6, 6.07) is 0. The number of aliphatic hydroxyl groups is 1. The van der Waals surface area contributed by atoms with Crippen molar-refractivity contribution in [1.82, 2.24) is 0 Å². The summed E-state index contributed by atoms with van der Waals surface area (Å²) in [4.78, 5) is 0. The van der Waals surface area contributed by atoms with Crippen molar-refractivity contribution >= 4 is 8.32 Å². The predicted octanol–water partition coefficient (Wildman–Crippen LogP) is 5.47. The monoisotopic (exact) mass is 340 g/mol. The summed E-state index contributed by atoms with van der Waals surface area (Å²) in [6.45, 7) is 17.3. The van der Waals surface area contributed by atoms with Crippen LogP contribution in [0.15, 0.2) is 0 Å². The molecule has 2 fully saturated rings. The van der Waals surface area contributed by atoms with E-state index in [4.69, 9.17) is 4.43 Å². The Bertz CT molecular complexity index is 388. The molecule has 0 unspecified atom stereocenters. The Hall–Kier alpha value is 0.137. The Morgan fingerprint density at radius 1 is 0.957 bits per heavy atom.